The quantitative estimate of drug-likeness (QED) is 0.529. The molecule has 0 radical (unpaired) electrons. The highest BCUT2D eigenvalue weighted by Gasteiger charge is 2.18. The monoisotopic (exact) mass is 289 g/mol. The molecule has 0 rings (SSSR count). The third-order valence-electron chi connectivity index (χ3n) is 3.38. The van der Waals surface area contributed by atoms with Crippen LogP contribution in [-0.4, -0.2) is 52.2 Å². The van der Waals surface area contributed by atoms with Crippen LogP contribution in [0.2, 0.25) is 0 Å². The van der Waals surface area contributed by atoms with Crippen molar-refractivity contribution in [1.29, 1.82) is 0 Å². The van der Waals surface area contributed by atoms with Crippen LogP contribution in [-0.2, 0) is 14.2 Å². The molecule has 0 amide bonds. The number of nitrogens with one attached hydrogen (secondary N) is 1. The second kappa shape index (κ2) is 12.6. The average Bonchev–Trinajstić information content (AvgIpc) is 2.38. The van der Waals surface area contributed by atoms with E-state index in [-0.39, 0.29) is 0 Å². The number of hydrogen-bond acceptors (Lipinski definition) is 4. The summed E-state index contributed by atoms with van der Waals surface area (Å²) in [5.74, 6) is 0. The number of rotatable bonds is 13. The zero-order valence-electron chi connectivity index (χ0n) is 14.2. The van der Waals surface area contributed by atoms with Gasteiger partial charge in [0.15, 0.2) is 0 Å². The van der Waals surface area contributed by atoms with Crippen molar-refractivity contribution in [3.63, 3.8) is 0 Å². The maximum atomic E-state index is 5.51. The van der Waals surface area contributed by atoms with Crippen LogP contribution >= 0.6 is 0 Å². The van der Waals surface area contributed by atoms with E-state index in [1.165, 1.54) is 6.42 Å². The molecule has 0 aliphatic carbocycles. The summed E-state index contributed by atoms with van der Waals surface area (Å²) < 4.78 is 16.3. The Morgan fingerprint density at radius 1 is 0.850 bits per heavy atom. The summed E-state index contributed by atoms with van der Waals surface area (Å²) in [7, 11) is 0. The van der Waals surface area contributed by atoms with Gasteiger partial charge in [-0.3, -0.25) is 0 Å². The van der Waals surface area contributed by atoms with Crippen molar-refractivity contribution in [2.24, 2.45) is 5.41 Å². The van der Waals surface area contributed by atoms with Crippen molar-refractivity contribution in [3.05, 3.63) is 0 Å². The van der Waals surface area contributed by atoms with Crippen LogP contribution in [0, 0.1) is 5.41 Å². The minimum atomic E-state index is 0.293. The Bertz CT molecular complexity index is 204. The molecule has 0 aromatic heterocycles. The first-order valence-electron chi connectivity index (χ1n) is 7.95. The van der Waals surface area contributed by atoms with Crippen molar-refractivity contribution >= 4 is 0 Å². The molecule has 0 bridgehead atoms. The zero-order valence-corrected chi connectivity index (χ0v) is 14.2. The van der Waals surface area contributed by atoms with Gasteiger partial charge in [-0.15, -0.1) is 0 Å². The smallest absolute Gasteiger partial charge is 0.0701 e. The fraction of sp³-hybridized carbons (Fsp3) is 1.00. The summed E-state index contributed by atoms with van der Waals surface area (Å²) in [5.41, 5.74) is 0.293. The molecule has 20 heavy (non-hydrogen) atoms. The van der Waals surface area contributed by atoms with Crippen LogP contribution in [0.4, 0.5) is 0 Å². The number of unbranched alkanes of at least 4 members (excludes halogenated alkanes) is 1. The molecule has 0 saturated heterocycles. The molecule has 0 spiro atoms. The first-order chi connectivity index (χ1) is 9.48. The van der Waals surface area contributed by atoms with Crippen molar-refractivity contribution in [2.45, 2.75) is 53.5 Å². The molecule has 0 saturated carbocycles. The van der Waals surface area contributed by atoms with Gasteiger partial charge >= 0.3 is 0 Å². The SMILES string of the molecule is CCCCOCCOCCOCCNC(C)C(C)(C)C. The van der Waals surface area contributed by atoms with Gasteiger partial charge in [0.05, 0.1) is 33.0 Å². The highest BCUT2D eigenvalue weighted by molar-refractivity contribution is 4.75. The molecular weight excluding hydrogens is 254 g/mol. The molecule has 0 aromatic rings. The van der Waals surface area contributed by atoms with E-state index in [0.29, 0.717) is 37.9 Å². The largest absolute Gasteiger partial charge is 0.379 e. The summed E-state index contributed by atoms with van der Waals surface area (Å²) in [6, 6.07) is 0.489. The minimum absolute atomic E-state index is 0.293. The van der Waals surface area contributed by atoms with Crippen LogP contribution in [0.25, 0.3) is 0 Å². The van der Waals surface area contributed by atoms with E-state index in [2.05, 4.69) is 39.9 Å². The average molecular weight is 289 g/mol. The maximum absolute atomic E-state index is 5.51. The first-order valence-corrected chi connectivity index (χ1v) is 7.95. The van der Waals surface area contributed by atoms with Crippen LogP contribution < -0.4 is 5.32 Å². The Labute approximate surface area is 125 Å². The maximum Gasteiger partial charge on any atom is 0.0701 e. The molecule has 4 heteroatoms. The highest BCUT2D eigenvalue weighted by Crippen LogP contribution is 2.17. The Morgan fingerprint density at radius 2 is 1.35 bits per heavy atom. The third-order valence-corrected chi connectivity index (χ3v) is 3.38. The van der Waals surface area contributed by atoms with Gasteiger partial charge in [0.2, 0.25) is 0 Å². The van der Waals surface area contributed by atoms with Crippen LogP contribution in [0.1, 0.15) is 47.5 Å². The molecule has 122 valence electrons. The number of ether oxygens (including phenoxy) is 3. The van der Waals surface area contributed by atoms with Crippen molar-refractivity contribution < 1.29 is 14.2 Å². The molecule has 1 unspecified atom stereocenters. The van der Waals surface area contributed by atoms with Crippen molar-refractivity contribution in [1.82, 2.24) is 5.32 Å². The lowest BCUT2D eigenvalue weighted by Crippen LogP contribution is -2.39. The van der Waals surface area contributed by atoms with Gasteiger partial charge in [0.25, 0.3) is 0 Å². The molecule has 0 fully saturated rings. The van der Waals surface area contributed by atoms with E-state index >= 15 is 0 Å². The Balaban J connectivity index is 3.14. The van der Waals surface area contributed by atoms with E-state index in [1.54, 1.807) is 0 Å². The molecule has 1 N–H and O–H groups in total. The summed E-state index contributed by atoms with van der Waals surface area (Å²) >= 11 is 0. The van der Waals surface area contributed by atoms with Gasteiger partial charge < -0.3 is 19.5 Å². The second-order valence-electron chi connectivity index (χ2n) is 6.23. The van der Waals surface area contributed by atoms with Crippen molar-refractivity contribution in [3.8, 4) is 0 Å². The van der Waals surface area contributed by atoms with E-state index in [1.807, 2.05) is 0 Å². The fourth-order valence-electron chi connectivity index (χ4n) is 1.44. The van der Waals surface area contributed by atoms with Gasteiger partial charge in [0.1, 0.15) is 0 Å². The topological polar surface area (TPSA) is 39.7 Å². The lowest BCUT2D eigenvalue weighted by molar-refractivity contribution is 0.0141. The van der Waals surface area contributed by atoms with E-state index < -0.39 is 0 Å². The van der Waals surface area contributed by atoms with Gasteiger partial charge in [-0.25, -0.2) is 0 Å². The molecular formula is C16H35NO3. The summed E-state index contributed by atoms with van der Waals surface area (Å²) in [4.78, 5) is 0. The second-order valence-corrected chi connectivity index (χ2v) is 6.23. The predicted molar refractivity (Wildman–Crippen MR) is 84.3 cm³/mol. The number of hydrogen-bond donors (Lipinski definition) is 1. The van der Waals surface area contributed by atoms with Crippen LogP contribution in [0.5, 0.6) is 0 Å². The zero-order chi connectivity index (χ0) is 15.3. The fourth-order valence-corrected chi connectivity index (χ4v) is 1.44. The van der Waals surface area contributed by atoms with E-state index in [9.17, 15) is 0 Å². The molecule has 0 aromatic carbocycles. The first kappa shape index (κ1) is 19.8. The van der Waals surface area contributed by atoms with Gasteiger partial charge in [-0.05, 0) is 18.8 Å². The molecule has 0 heterocycles. The van der Waals surface area contributed by atoms with E-state index in [0.717, 1.165) is 26.2 Å². The summed E-state index contributed by atoms with van der Waals surface area (Å²) in [5, 5.41) is 3.47. The highest BCUT2D eigenvalue weighted by atomic mass is 16.5. The molecule has 0 aliphatic rings. The standard InChI is InChI=1S/C16H35NO3/c1-6-7-9-18-11-13-20-14-12-19-10-8-17-15(2)16(3,4)5/h15,17H,6-14H2,1-5H3. The lowest BCUT2D eigenvalue weighted by Gasteiger charge is -2.28. The Morgan fingerprint density at radius 3 is 1.85 bits per heavy atom. The Hall–Kier alpha value is -0.160. The van der Waals surface area contributed by atoms with Crippen molar-refractivity contribution in [2.75, 3.05) is 46.2 Å². The Kier molecular flexibility index (Phi) is 12.5. The van der Waals surface area contributed by atoms with Gasteiger partial charge in [-0.2, -0.15) is 0 Å². The lowest BCUT2D eigenvalue weighted by atomic mass is 9.88. The van der Waals surface area contributed by atoms with Crippen LogP contribution in [0.15, 0.2) is 0 Å². The van der Waals surface area contributed by atoms with E-state index in [4.69, 9.17) is 14.2 Å². The normalized spacial score (nSPS) is 13.7. The van der Waals surface area contributed by atoms with Gasteiger partial charge in [-0.1, -0.05) is 34.1 Å². The third kappa shape index (κ3) is 12.9. The molecule has 1 atom stereocenters. The molecule has 4 nitrogen and oxygen atoms in total. The summed E-state index contributed by atoms with van der Waals surface area (Å²) in [6.45, 7) is 16.2. The minimum Gasteiger partial charge on any atom is -0.379 e. The van der Waals surface area contributed by atoms with Crippen LogP contribution in [0.3, 0.4) is 0 Å². The summed E-state index contributed by atoms with van der Waals surface area (Å²) in [6.07, 6.45) is 2.31. The van der Waals surface area contributed by atoms with Gasteiger partial charge in [0, 0.05) is 19.2 Å². The molecule has 0 aliphatic heterocycles. The predicted octanol–water partition coefficient (Wildman–Crippen LogP) is 2.86.